The number of nitrogens with zero attached hydrogens (tertiary/aromatic N) is 1. The third-order valence-electron chi connectivity index (χ3n) is 3.89. The molecule has 0 aliphatic carbocycles. The summed E-state index contributed by atoms with van der Waals surface area (Å²) in [6, 6.07) is 8.85. The van der Waals surface area contributed by atoms with Crippen LogP contribution < -0.4 is 0 Å². The molecule has 0 aromatic heterocycles. The Kier molecular flexibility index (Phi) is 2.83. The molecule has 1 aromatic carbocycles. The molecule has 0 unspecified atom stereocenters. The molecule has 0 radical (unpaired) electrons. The van der Waals surface area contributed by atoms with Crippen LogP contribution in [0.25, 0.3) is 0 Å². The van der Waals surface area contributed by atoms with E-state index in [1.54, 1.807) is 5.56 Å². The van der Waals surface area contributed by atoms with Gasteiger partial charge in [0.1, 0.15) is 0 Å². The van der Waals surface area contributed by atoms with E-state index in [0.29, 0.717) is 5.41 Å². The number of hydrogen-bond donors (Lipinski definition) is 0. The second kappa shape index (κ2) is 3.97. The Morgan fingerprint density at radius 3 is 2.33 bits per heavy atom. The summed E-state index contributed by atoms with van der Waals surface area (Å²) in [5.41, 5.74) is 3.40. The van der Waals surface area contributed by atoms with E-state index in [2.05, 4.69) is 50.1 Å². The summed E-state index contributed by atoms with van der Waals surface area (Å²) in [5, 5.41) is 0. The zero-order valence-electron chi connectivity index (χ0n) is 10.1. The molecular weight excluding hydrogens is 182 g/mol. The van der Waals surface area contributed by atoms with Gasteiger partial charge >= 0.3 is 0 Å². The number of aryl methyl sites for hydroxylation is 1. The van der Waals surface area contributed by atoms with Gasteiger partial charge in [0.05, 0.1) is 0 Å². The highest BCUT2D eigenvalue weighted by atomic mass is 15.1. The van der Waals surface area contributed by atoms with Crippen molar-refractivity contribution in [1.82, 2.24) is 4.90 Å². The summed E-state index contributed by atoms with van der Waals surface area (Å²) in [6.45, 7) is 7.11. The standard InChI is InChI=1S/C14H21N/c1-12-6-4-5-7-13(12)14(2)8-10-15(3)11-9-14/h4-7H,8-11H2,1-3H3. The van der Waals surface area contributed by atoms with E-state index in [1.807, 2.05) is 0 Å². The van der Waals surface area contributed by atoms with Gasteiger partial charge in [0.25, 0.3) is 0 Å². The Balaban J connectivity index is 2.26. The van der Waals surface area contributed by atoms with E-state index in [4.69, 9.17) is 0 Å². The van der Waals surface area contributed by atoms with Crippen molar-refractivity contribution in [2.24, 2.45) is 0 Å². The zero-order valence-corrected chi connectivity index (χ0v) is 10.1. The molecule has 15 heavy (non-hydrogen) atoms. The Hall–Kier alpha value is -0.820. The van der Waals surface area contributed by atoms with Gasteiger partial charge in [-0.05, 0) is 56.4 Å². The Labute approximate surface area is 93.1 Å². The summed E-state index contributed by atoms with van der Waals surface area (Å²) in [7, 11) is 2.22. The van der Waals surface area contributed by atoms with Crippen molar-refractivity contribution in [2.75, 3.05) is 20.1 Å². The van der Waals surface area contributed by atoms with Crippen molar-refractivity contribution in [3.05, 3.63) is 35.4 Å². The van der Waals surface area contributed by atoms with Gasteiger partial charge < -0.3 is 4.90 Å². The maximum atomic E-state index is 2.43. The van der Waals surface area contributed by atoms with Gasteiger partial charge in [0.15, 0.2) is 0 Å². The molecule has 1 fully saturated rings. The van der Waals surface area contributed by atoms with E-state index in [1.165, 1.54) is 31.5 Å². The van der Waals surface area contributed by atoms with Crippen LogP contribution in [0.15, 0.2) is 24.3 Å². The first-order valence-corrected chi connectivity index (χ1v) is 5.86. The molecule has 1 heteroatoms. The molecule has 2 rings (SSSR count). The molecule has 0 amide bonds. The van der Waals surface area contributed by atoms with Crippen LogP contribution in [-0.2, 0) is 5.41 Å². The average Bonchev–Trinajstić information content (AvgIpc) is 2.23. The molecule has 0 bridgehead atoms. The van der Waals surface area contributed by atoms with Crippen molar-refractivity contribution in [3.8, 4) is 0 Å². The summed E-state index contributed by atoms with van der Waals surface area (Å²) >= 11 is 0. The molecule has 0 N–H and O–H groups in total. The van der Waals surface area contributed by atoms with E-state index in [0.717, 1.165) is 0 Å². The topological polar surface area (TPSA) is 3.24 Å². The third kappa shape index (κ3) is 2.07. The molecule has 82 valence electrons. The fraction of sp³-hybridized carbons (Fsp3) is 0.571. The molecule has 1 saturated heterocycles. The van der Waals surface area contributed by atoms with E-state index >= 15 is 0 Å². The summed E-state index contributed by atoms with van der Waals surface area (Å²) in [6.07, 6.45) is 2.57. The van der Waals surface area contributed by atoms with Crippen LogP contribution in [0.4, 0.5) is 0 Å². The summed E-state index contributed by atoms with van der Waals surface area (Å²) in [5.74, 6) is 0. The SMILES string of the molecule is Cc1ccccc1C1(C)CCN(C)CC1. The monoisotopic (exact) mass is 203 g/mol. The number of rotatable bonds is 1. The van der Waals surface area contributed by atoms with Gasteiger partial charge in [-0.15, -0.1) is 0 Å². The summed E-state index contributed by atoms with van der Waals surface area (Å²) < 4.78 is 0. The van der Waals surface area contributed by atoms with Crippen molar-refractivity contribution in [3.63, 3.8) is 0 Å². The lowest BCUT2D eigenvalue weighted by molar-refractivity contribution is 0.199. The quantitative estimate of drug-likeness (QED) is 0.678. The first-order valence-electron chi connectivity index (χ1n) is 5.86. The first kappa shape index (κ1) is 10.7. The zero-order chi connectivity index (χ0) is 10.9. The summed E-state index contributed by atoms with van der Waals surface area (Å²) in [4.78, 5) is 2.43. The molecule has 0 saturated carbocycles. The largest absolute Gasteiger partial charge is 0.306 e. The minimum absolute atomic E-state index is 0.401. The van der Waals surface area contributed by atoms with Crippen LogP contribution in [-0.4, -0.2) is 25.0 Å². The van der Waals surface area contributed by atoms with E-state index < -0.39 is 0 Å². The fourth-order valence-corrected chi connectivity index (χ4v) is 2.63. The molecule has 1 heterocycles. The first-order chi connectivity index (χ1) is 7.12. The molecule has 1 aliphatic heterocycles. The number of benzene rings is 1. The van der Waals surface area contributed by atoms with Crippen LogP contribution in [0.5, 0.6) is 0 Å². The maximum Gasteiger partial charge on any atom is -0.00134 e. The fourth-order valence-electron chi connectivity index (χ4n) is 2.63. The van der Waals surface area contributed by atoms with Gasteiger partial charge in [-0.1, -0.05) is 31.2 Å². The van der Waals surface area contributed by atoms with Crippen LogP contribution >= 0.6 is 0 Å². The van der Waals surface area contributed by atoms with Crippen molar-refractivity contribution in [1.29, 1.82) is 0 Å². The van der Waals surface area contributed by atoms with Crippen LogP contribution in [0.2, 0.25) is 0 Å². The molecular formula is C14H21N. The number of hydrogen-bond acceptors (Lipinski definition) is 1. The maximum absolute atomic E-state index is 2.43. The Morgan fingerprint density at radius 2 is 1.73 bits per heavy atom. The predicted molar refractivity (Wildman–Crippen MR) is 65.3 cm³/mol. The van der Waals surface area contributed by atoms with Gasteiger partial charge in [-0.2, -0.15) is 0 Å². The van der Waals surface area contributed by atoms with Crippen molar-refractivity contribution in [2.45, 2.75) is 32.1 Å². The van der Waals surface area contributed by atoms with E-state index in [9.17, 15) is 0 Å². The Bertz CT molecular complexity index is 335. The average molecular weight is 203 g/mol. The molecule has 1 aliphatic rings. The third-order valence-corrected chi connectivity index (χ3v) is 3.89. The molecule has 1 nitrogen and oxygen atoms in total. The molecule has 0 spiro atoms. The van der Waals surface area contributed by atoms with Gasteiger partial charge in [0.2, 0.25) is 0 Å². The van der Waals surface area contributed by atoms with Crippen molar-refractivity contribution < 1.29 is 0 Å². The second-order valence-corrected chi connectivity index (χ2v) is 5.18. The van der Waals surface area contributed by atoms with Gasteiger partial charge in [-0.25, -0.2) is 0 Å². The molecule has 0 atom stereocenters. The number of likely N-dealkylation sites (tertiary alicyclic amines) is 1. The lowest BCUT2D eigenvalue weighted by Gasteiger charge is -2.39. The molecule has 1 aromatic rings. The van der Waals surface area contributed by atoms with Crippen LogP contribution in [0.3, 0.4) is 0 Å². The van der Waals surface area contributed by atoms with Gasteiger partial charge in [-0.3, -0.25) is 0 Å². The predicted octanol–water partition coefficient (Wildman–Crippen LogP) is 2.98. The second-order valence-electron chi connectivity index (χ2n) is 5.18. The van der Waals surface area contributed by atoms with Crippen LogP contribution in [0, 0.1) is 6.92 Å². The Morgan fingerprint density at radius 1 is 1.13 bits per heavy atom. The highest BCUT2D eigenvalue weighted by Crippen LogP contribution is 2.36. The highest BCUT2D eigenvalue weighted by molar-refractivity contribution is 5.33. The lowest BCUT2D eigenvalue weighted by Crippen LogP contribution is -2.39. The number of piperidine rings is 1. The van der Waals surface area contributed by atoms with Crippen molar-refractivity contribution >= 4 is 0 Å². The van der Waals surface area contributed by atoms with Gasteiger partial charge in [0, 0.05) is 0 Å². The van der Waals surface area contributed by atoms with Crippen LogP contribution in [0.1, 0.15) is 30.9 Å². The minimum atomic E-state index is 0.401. The smallest absolute Gasteiger partial charge is 0.00134 e. The normalized spacial score (nSPS) is 21.5. The minimum Gasteiger partial charge on any atom is -0.306 e. The highest BCUT2D eigenvalue weighted by Gasteiger charge is 2.31. The lowest BCUT2D eigenvalue weighted by atomic mass is 9.73. The van der Waals surface area contributed by atoms with E-state index in [-0.39, 0.29) is 0 Å².